The van der Waals surface area contributed by atoms with Crippen LogP contribution in [-0.2, 0) is 18.9 Å². The summed E-state index contributed by atoms with van der Waals surface area (Å²) in [5.41, 5.74) is 0.932. The molecule has 0 aromatic rings. The smallest absolute Gasteiger partial charge is 0.310 e. The number of ether oxygens (including phenoxy) is 4. The van der Waals surface area contributed by atoms with Crippen LogP contribution in [0, 0.1) is 10.8 Å². The zero-order chi connectivity index (χ0) is 34.4. The normalized spacial score (nSPS) is 13.5. The molecule has 1 unspecified atom stereocenters. The van der Waals surface area contributed by atoms with Crippen molar-refractivity contribution in [3.63, 3.8) is 0 Å². The Morgan fingerprint density at radius 1 is 0.370 bits per heavy atom. The van der Waals surface area contributed by atoms with Gasteiger partial charge in [0.15, 0.2) is 0 Å². The lowest BCUT2D eigenvalue weighted by atomic mass is 9.89. The molecule has 4 nitrogen and oxygen atoms in total. The second-order valence-electron chi connectivity index (χ2n) is 16.6. The van der Waals surface area contributed by atoms with Crippen molar-refractivity contribution in [1.29, 1.82) is 0 Å². The maximum absolute atomic E-state index is 6.69. The topological polar surface area (TPSA) is 36.9 Å². The van der Waals surface area contributed by atoms with Crippen LogP contribution in [0.25, 0.3) is 0 Å². The van der Waals surface area contributed by atoms with Crippen molar-refractivity contribution in [2.45, 2.75) is 235 Å². The number of rotatable bonds is 34. The fraction of sp³-hybridized carbons (Fsp3) is 1.00. The van der Waals surface area contributed by atoms with Crippen molar-refractivity contribution in [3.8, 4) is 0 Å². The first-order valence-corrected chi connectivity index (χ1v) is 20.5. The van der Waals surface area contributed by atoms with Gasteiger partial charge in [-0.15, -0.1) is 0 Å². The van der Waals surface area contributed by atoms with Gasteiger partial charge in [0.25, 0.3) is 0 Å². The highest BCUT2D eigenvalue weighted by Crippen LogP contribution is 2.30. The minimum atomic E-state index is -1.09. The van der Waals surface area contributed by atoms with Crippen molar-refractivity contribution in [2.24, 2.45) is 10.8 Å². The third kappa shape index (κ3) is 28.8. The van der Waals surface area contributed by atoms with Crippen molar-refractivity contribution < 1.29 is 18.9 Å². The molecule has 0 rings (SSSR count). The van der Waals surface area contributed by atoms with E-state index in [2.05, 4.69) is 62.3 Å². The Balaban J connectivity index is 4.99. The van der Waals surface area contributed by atoms with Gasteiger partial charge < -0.3 is 18.9 Å². The first-order chi connectivity index (χ1) is 22.0. The number of hydrogen-bond donors (Lipinski definition) is 0. The standard InChI is InChI=1S/C42H86O4/c1-10-13-14-15-22-27-32-39(43-37-30-25-20-16-18-23-28-33-40(4,5)6)42(44-35-11-2,45-36-12-3)46-38-31-26-21-17-19-24-29-34-41(7,8)9/h39H,10-38H2,1-9H3. The third-order valence-electron chi connectivity index (χ3n) is 8.99. The van der Waals surface area contributed by atoms with Crippen molar-refractivity contribution in [3.05, 3.63) is 0 Å². The van der Waals surface area contributed by atoms with E-state index in [0.29, 0.717) is 30.7 Å². The Morgan fingerprint density at radius 2 is 0.739 bits per heavy atom. The van der Waals surface area contributed by atoms with E-state index in [1.165, 1.54) is 122 Å². The molecule has 0 spiro atoms. The SMILES string of the molecule is CCCCCCCCC(OCCCCCCCCCC(C)(C)C)C(OCCC)(OCCC)OCCCCCCCCCC(C)(C)C. The monoisotopic (exact) mass is 655 g/mol. The minimum Gasteiger partial charge on any atom is -0.370 e. The molecule has 0 saturated heterocycles. The summed E-state index contributed by atoms with van der Waals surface area (Å²) in [6.45, 7) is 23.4. The van der Waals surface area contributed by atoms with Crippen LogP contribution >= 0.6 is 0 Å². The molecular weight excluding hydrogens is 568 g/mol. The molecule has 278 valence electrons. The van der Waals surface area contributed by atoms with Gasteiger partial charge in [0.1, 0.15) is 6.10 Å². The lowest BCUT2D eigenvalue weighted by Gasteiger charge is -2.39. The van der Waals surface area contributed by atoms with Crippen LogP contribution in [0.15, 0.2) is 0 Å². The first kappa shape index (κ1) is 45.8. The van der Waals surface area contributed by atoms with Gasteiger partial charge in [0.05, 0.1) is 19.8 Å². The van der Waals surface area contributed by atoms with E-state index in [4.69, 9.17) is 18.9 Å². The summed E-state index contributed by atoms with van der Waals surface area (Å²) in [6, 6.07) is 0. The van der Waals surface area contributed by atoms with E-state index >= 15 is 0 Å². The molecule has 0 aliphatic heterocycles. The Kier molecular flexibility index (Phi) is 29.6. The van der Waals surface area contributed by atoms with Gasteiger partial charge in [-0.1, -0.05) is 178 Å². The predicted octanol–water partition coefficient (Wildman–Crippen LogP) is 14.0. The van der Waals surface area contributed by atoms with Gasteiger partial charge in [-0.25, -0.2) is 0 Å². The summed E-state index contributed by atoms with van der Waals surface area (Å²) in [4.78, 5) is 0. The van der Waals surface area contributed by atoms with Gasteiger partial charge in [0, 0.05) is 6.61 Å². The quantitative estimate of drug-likeness (QED) is 0.0511. The summed E-state index contributed by atoms with van der Waals surface area (Å²) in [7, 11) is 0. The van der Waals surface area contributed by atoms with Gasteiger partial charge in [-0.3, -0.25) is 0 Å². The van der Waals surface area contributed by atoms with Crippen LogP contribution in [-0.4, -0.2) is 38.5 Å². The summed E-state index contributed by atoms with van der Waals surface area (Å²) in [5.74, 6) is -1.09. The predicted molar refractivity (Wildman–Crippen MR) is 202 cm³/mol. The Hall–Kier alpha value is -0.160. The first-order valence-electron chi connectivity index (χ1n) is 20.5. The second-order valence-corrected chi connectivity index (χ2v) is 16.6. The fourth-order valence-electron chi connectivity index (χ4n) is 6.09. The molecule has 4 heteroatoms. The average Bonchev–Trinajstić information content (AvgIpc) is 2.99. The van der Waals surface area contributed by atoms with Gasteiger partial charge in [0.2, 0.25) is 0 Å². The summed E-state index contributed by atoms with van der Waals surface area (Å²) < 4.78 is 26.4. The van der Waals surface area contributed by atoms with Crippen LogP contribution < -0.4 is 0 Å². The lowest BCUT2D eigenvalue weighted by molar-refractivity contribution is -0.418. The Labute approximate surface area is 290 Å². The highest BCUT2D eigenvalue weighted by Gasteiger charge is 2.43. The van der Waals surface area contributed by atoms with Crippen molar-refractivity contribution in [2.75, 3.05) is 26.4 Å². The van der Waals surface area contributed by atoms with E-state index in [1.807, 2.05) is 0 Å². The number of unbranched alkanes of at least 4 members (excludes halogenated alkanes) is 17. The maximum Gasteiger partial charge on any atom is 0.310 e. The van der Waals surface area contributed by atoms with Gasteiger partial charge in [-0.05, 0) is 55.8 Å². The van der Waals surface area contributed by atoms with Crippen molar-refractivity contribution in [1.82, 2.24) is 0 Å². The van der Waals surface area contributed by atoms with Gasteiger partial charge >= 0.3 is 5.97 Å². The summed E-state index contributed by atoms with van der Waals surface area (Å²) >= 11 is 0. The highest BCUT2D eigenvalue weighted by molar-refractivity contribution is 4.74. The van der Waals surface area contributed by atoms with Gasteiger partial charge in [-0.2, -0.15) is 0 Å². The van der Waals surface area contributed by atoms with Crippen LogP contribution in [0.2, 0.25) is 0 Å². The second kappa shape index (κ2) is 29.7. The van der Waals surface area contributed by atoms with Crippen LogP contribution in [0.5, 0.6) is 0 Å². The largest absolute Gasteiger partial charge is 0.370 e. The molecule has 0 fully saturated rings. The van der Waals surface area contributed by atoms with Crippen LogP contribution in [0.3, 0.4) is 0 Å². The molecule has 0 aromatic carbocycles. The molecule has 0 bridgehead atoms. The summed E-state index contributed by atoms with van der Waals surface area (Å²) in [6.07, 6.45) is 30.9. The fourth-order valence-corrected chi connectivity index (χ4v) is 6.09. The average molecular weight is 655 g/mol. The van der Waals surface area contributed by atoms with Crippen LogP contribution in [0.4, 0.5) is 0 Å². The lowest BCUT2D eigenvalue weighted by Crippen LogP contribution is -2.52. The van der Waals surface area contributed by atoms with Crippen LogP contribution in [0.1, 0.15) is 223 Å². The number of hydrogen-bond acceptors (Lipinski definition) is 4. The molecule has 1 atom stereocenters. The maximum atomic E-state index is 6.69. The zero-order valence-electron chi connectivity index (χ0n) is 33.2. The van der Waals surface area contributed by atoms with E-state index in [0.717, 1.165) is 45.1 Å². The van der Waals surface area contributed by atoms with E-state index in [1.54, 1.807) is 0 Å². The Bertz CT molecular complexity index is 612. The molecule has 0 aliphatic carbocycles. The third-order valence-corrected chi connectivity index (χ3v) is 8.99. The molecule has 46 heavy (non-hydrogen) atoms. The molecule has 0 heterocycles. The summed E-state index contributed by atoms with van der Waals surface area (Å²) in [5, 5.41) is 0. The Morgan fingerprint density at radius 3 is 1.17 bits per heavy atom. The molecule has 0 amide bonds. The molecule has 0 aromatic heterocycles. The molecular formula is C42H86O4. The van der Waals surface area contributed by atoms with E-state index in [9.17, 15) is 0 Å². The van der Waals surface area contributed by atoms with E-state index < -0.39 is 5.97 Å². The highest BCUT2D eigenvalue weighted by atomic mass is 16.9. The zero-order valence-corrected chi connectivity index (χ0v) is 33.2. The minimum absolute atomic E-state index is 0.183. The molecule has 0 aliphatic rings. The molecule has 0 N–H and O–H groups in total. The molecule has 0 radical (unpaired) electrons. The van der Waals surface area contributed by atoms with Crippen molar-refractivity contribution >= 4 is 0 Å². The molecule has 0 saturated carbocycles. The van der Waals surface area contributed by atoms with E-state index in [-0.39, 0.29) is 6.10 Å².